The predicted octanol–water partition coefficient (Wildman–Crippen LogP) is 2.12. The van der Waals surface area contributed by atoms with Crippen molar-refractivity contribution < 1.29 is 50.8 Å². The van der Waals surface area contributed by atoms with E-state index in [2.05, 4.69) is 12.3 Å². The van der Waals surface area contributed by atoms with Gasteiger partial charge in [-0.2, -0.15) is 5.01 Å². The first-order valence-electron chi connectivity index (χ1n) is 11.4. The summed E-state index contributed by atoms with van der Waals surface area (Å²) in [4.78, 5) is 22.5. The summed E-state index contributed by atoms with van der Waals surface area (Å²) in [6.07, 6.45) is 18.5. The molecule has 0 aromatic heterocycles. The molecule has 0 aliphatic carbocycles. The van der Waals surface area contributed by atoms with Gasteiger partial charge in [-0.25, -0.2) is 0 Å². The zero-order valence-corrected chi connectivity index (χ0v) is 21.3. The predicted molar refractivity (Wildman–Crippen MR) is 115 cm³/mol. The molecule has 0 rings (SSSR count). The molecule has 0 heterocycles. The number of nitrogens with zero attached hydrogens (tertiary/aromatic N) is 1. The Morgan fingerprint density at radius 2 is 1.21 bits per heavy atom. The second-order valence-electron chi connectivity index (χ2n) is 7.89. The zero-order chi connectivity index (χ0) is 21.0. The van der Waals surface area contributed by atoms with E-state index in [1.54, 1.807) is 0 Å². The van der Waals surface area contributed by atoms with Crippen molar-refractivity contribution in [1.82, 2.24) is 10.4 Å². The SMILES string of the molecule is CCCCCCCCCCCCCCCCCC(=O)NN(CC(=O)O)C(C)O.[H-].[Na+]. The van der Waals surface area contributed by atoms with Crippen LogP contribution in [0.25, 0.3) is 0 Å². The number of hydrazine groups is 1. The van der Waals surface area contributed by atoms with Crippen molar-refractivity contribution in [2.45, 2.75) is 123 Å². The number of hydrogen-bond acceptors (Lipinski definition) is 4. The molecule has 6 nitrogen and oxygen atoms in total. The quantitative estimate of drug-likeness (QED) is 0.121. The van der Waals surface area contributed by atoms with Gasteiger partial charge in [-0.1, -0.05) is 96.8 Å². The maximum absolute atomic E-state index is 11.8. The zero-order valence-electron chi connectivity index (χ0n) is 20.3. The number of aliphatic carboxylic acids is 1. The Balaban J connectivity index is -0.00000364. The molecule has 0 bridgehead atoms. The van der Waals surface area contributed by atoms with Gasteiger partial charge in [0.2, 0.25) is 5.91 Å². The second-order valence-corrected chi connectivity index (χ2v) is 7.89. The Hall–Kier alpha value is -0.140. The number of unbranched alkanes of at least 4 members (excludes halogenated alkanes) is 14. The standard InChI is InChI=1S/C22H44N2O4.Na.H/c1-3-4-5-6-7-8-9-10-11-12-13-14-15-16-17-18-21(26)23-24(20(2)25)19-22(27)28;;/h20,25H,3-19H2,1-2H3,(H,23,26)(H,27,28);;/q;+1;-1. The van der Waals surface area contributed by atoms with Crippen LogP contribution < -0.4 is 35.0 Å². The van der Waals surface area contributed by atoms with Crippen LogP contribution in [0.1, 0.15) is 118 Å². The first kappa shape index (κ1) is 31.0. The second kappa shape index (κ2) is 22.5. The van der Waals surface area contributed by atoms with Gasteiger partial charge in [0, 0.05) is 6.42 Å². The average molecular weight is 425 g/mol. The van der Waals surface area contributed by atoms with Gasteiger partial charge in [-0.15, -0.1) is 0 Å². The Kier molecular flexibility index (Phi) is 24.1. The molecule has 0 aromatic carbocycles. The molecule has 0 aliphatic rings. The number of aliphatic hydroxyl groups excluding tert-OH is 1. The minimum atomic E-state index is -1.09. The number of carbonyl (C=O) groups excluding carboxylic acids is 1. The number of carboxylic acid groups (broad SMARTS) is 1. The maximum Gasteiger partial charge on any atom is 1.00 e. The van der Waals surface area contributed by atoms with Gasteiger partial charge in [-0.05, 0) is 13.3 Å². The van der Waals surface area contributed by atoms with Crippen LogP contribution in [0.15, 0.2) is 0 Å². The van der Waals surface area contributed by atoms with Crippen molar-refractivity contribution in [1.29, 1.82) is 0 Å². The van der Waals surface area contributed by atoms with E-state index in [9.17, 15) is 14.7 Å². The molecule has 3 N–H and O–H groups in total. The average Bonchev–Trinajstić information content (AvgIpc) is 2.64. The van der Waals surface area contributed by atoms with Crippen LogP contribution in [0.2, 0.25) is 0 Å². The van der Waals surface area contributed by atoms with Gasteiger partial charge in [0.25, 0.3) is 0 Å². The van der Waals surface area contributed by atoms with Crippen molar-refractivity contribution in [3.8, 4) is 0 Å². The molecule has 0 aliphatic heterocycles. The number of nitrogens with one attached hydrogen (secondary N) is 1. The first-order valence-corrected chi connectivity index (χ1v) is 11.4. The van der Waals surface area contributed by atoms with E-state index < -0.39 is 18.7 Å². The van der Waals surface area contributed by atoms with E-state index in [1.165, 1.54) is 84.0 Å². The fourth-order valence-electron chi connectivity index (χ4n) is 3.28. The Morgan fingerprint density at radius 3 is 1.55 bits per heavy atom. The van der Waals surface area contributed by atoms with Gasteiger partial charge in [0.15, 0.2) is 0 Å². The minimum Gasteiger partial charge on any atom is -1.00 e. The molecule has 29 heavy (non-hydrogen) atoms. The number of amides is 1. The summed E-state index contributed by atoms with van der Waals surface area (Å²) in [5, 5.41) is 19.3. The molecule has 168 valence electrons. The summed E-state index contributed by atoms with van der Waals surface area (Å²) >= 11 is 0. The molecule has 1 atom stereocenters. The van der Waals surface area contributed by atoms with Gasteiger partial charge >= 0.3 is 35.5 Å². The fraction of sp³-hybridized carbons (Fsp3) is 0.909. The number of hydrogen-bond donors (Lipinski definition) is 3. The summed E-state index contributed by atoms with van der Waals surface area (Å²) in [7, 11) is 0. The van der Waals surface area contributed by atoms with Crippen molar-refractivity contribution in [3.05, 3.63) is 0 Å². The smallest absolute Gasteiger partial charge is 1.00 e. The van der Waals surface area contributed by atoms with Crippen LogP contribution in [0.5, 0.6) is 0 Å². The van der Waals surface area contributed by atoms with E-state index in [-0.39, 0.29) is 36.9 Å². The van der Waals surface area contributed by atoms with Crippen molar-refractivity contribution in [3.63, 3.8) is 0 Å². The molecule has 0 spiro atoms. The summed E-state index contributed by atoms with van der Waals surface area (Å²) < 4.78 is 0. The molecule has 0 aromatic rings. The van der Waals surface area contributed by atoms with Crippen molar-refractivity contribution in [2.75, 3.05) is 6.54 Å². The van der Waals surface area contributed by atoms with Gasteiger partial charge < -0.3 is 11.6 Å². The third-order valence-electron chi connectivity index (χ3n) is 5.03. The molecular formula is C22H45N2NaO4. The molecular weight excluding hydrogens is 379 g/mol. The first-order chi connectivity index (χ1) is 13.5. The molecule has 0 radical (unpaired) electrons. The van der Waals surface area contributed by atoms with Crippen LogP contribution in [0.3, 0.4) is 0 Å². The van der Waals surface area contributed by atoms with Gasteiger partial charge in [0.1, 0.15) is 12.8 Å². The van der Waals surface area contributed by atoms with Crippen LogP contribution in [-0.2, 0) is 9.59 Å². The van der Waals surface area contributed by atoms with Crippen LogP contribution in [0.4, 0.5) is 0 Å². The van der Waals surface area contributed by atoms with E-state index in [1.807, 2.05) is 0 Å². The van der Waals surface area contributed by atoms with E-state index >= 15 is 0 Å². The Bertz CT molecular complexity index is 401. The normalized spacial score (nSPS) is 11.9. The maximum atomic E-state index is 11.8. The van der Waals surface area contributed by atoms with Crippen molar-refractivity contribution >= 4 is 11.9 Å². The number of rotatable bonds is 20. The summed E-state index contributed by atoms with van der Waals surface area (Å²) in [6.45, 7) is 3.27. The fourth-order valence-corrected chi connectivity index (χ4v) is 3.28. The summed E-state index contributed by atoms with van der Waals surface area (Å²) in [5.41, 5.74) is 2.46. The number of carbonyl (C=O) groups is 2. The number of carboxylic acids is 1. The number of aliphatic hydroxyl groups is 1. The largest absolute Gasteiger partial charge is 1.00 e. The molecule has 0 fully saturated rings. The molecule has 1 unspecified atom stereocenters. The third kappa shape index (κ3) is 22.4. The molecule has 7 heteroatoms. The van der Waals surface area contributed by atoms with Crippen LogP contribution >= 0.6 is 0 Å². The van der Waals surface area contributed by atoms with Crippen LogP contribution in [0, 0.1) is 0 Å². The minimum absolute atomic E-state index is 0. The molecule has 1 amide bonds. The Labute approximate surface area is 201 Å². The van der Waals surface area contributed by atoms with E-state index in [0.29, 0.717) is 6.42 Å². The monoisotopic (exact) mass is 424 g/mol. The third-order valence-corrected chi connectivity index (χ3v) is 5.03. The molecule has 0 saturated carbocycles. The van der Waals surface area contributed by atoms with Crippen LogP contribution in [-0.4, -0.2) is 39.9 Å². The van der Waals surface area contributed by atoms with E-state index in [4.69, 9.17) is 5.11 Å². The van der Waals surface area contributed by atoms with E-state index in [0.717, 1.165) is 24.3 Å². The molecule has 0 saturated heterocycles. The summed E-state index contributed by atoms with van der Waals surface area (Å²) in [5.74, 6) is -1.33. The van der Waals surface area contributed by atoms with Gasteiger partial charge in [-0.3, -0.25) is 15.0 Å². The summed E-state index contributed by atoms with van der Waals surface area (Å²) in [6, 6.07) is 0. The van der Waals surface area contributed by atoms with Gasteiger partial charge in [0.05, 0.1) is 0 Å². The van der Waals surface area contributed by atoms with Crippen molar-refractivity contribution in [2.24, 2.45) is 0 Å². The topological polar surface area (TPSA) is 89.9 Å². The Morgan fingerprint density at radius 1 is 0.828 bits per heavy atom.